The summed E-state index contributed by atoms with van der Waals surface area (Å²) in [6.07, 6.45) is -0.706. The lowest BCUT2D eigenvalue weighted by atomic mass is 9.94. The Kier molecular flexibility index (Phi) is 5.93. The van der Waals surface area contributed by atoms with Gasteiger partial charge in [0.15, 0.2) is 11.5 Å². The molecule has 1 fully saturated rings. The Labute approximate surface area is 185 Å². The lowest BCUT2D eigenvalue weighted by molar-refractivity contribution is -0.189. The van der Waals surface area contributed by atoms with E-state index in [4.69, 9.17) is 31.5 Å². The molecule has 4 rings (SSSR count). The average Bonchev–Trinajstić information content (AvgIpc) is 3.38. The predicted molar refractivity (Wildman–Crippen MR) is 109 cm³/mol. The van der Waals surface area contributed by atoms with E-state index < -0.39 is 30.1 Å². The molecule has 0 aliphatic carbocycles. The Bertz CT molecular complexity index is 1140. The van der Waals surface area contributed by atoms with E-state index in [9.17, 15) is 19.8 Å². The van der Waals surface area contributed by atoms with Crippen LogP contribution in [-0.2, 0) is 30.2 Å². The number of nitrogen functional groups attached to an aromatic ring is 1. The molecule has 1 aliphatic rings. The molecular weight excluding hydrogens is 446 g/mol. The van der Waals surface area contributed by atoms with Crippen LogP contribution in [0.25, 0.3) is 11.2 Å². The van der Waals surface area contributed by atoms with E-state index in [1.165, 1.54) is 10.9 Å². The highest BCUT2D eigenvalue weighted by atomic mass is 35.5. The fourth-order valence-electron chi connectivity index (χ4n) is 3.27. The Morgan fingerprint density at radius 1 is 1.25 bits per heavy atom. The van der Waals surface area contributed by atoms with Crippen molar-refractivity contribution in [3.8, 4) is 0 Å². The number of carboxylic acid groups (broad SMARTS) is 2. The second kappa shape index (κ2) is 8.67. The van der Waals surface area contributed by atoms with Crippen molar-refractivity contribution < 1.29 is 34.0 Å². The maximum Gasteiger partial charge on any atom is 0.348 e. The number of rotatable bonds is 8. The number of halogens is 1. The minimum absolute atomic E-state index is 0.0132. The largest absolute Gasteiger partial charge is 0.479 e. The van der Waals surface area contributed by atoms with Crippen LogP contribution in [0.1, 0.15) is 12.0 Å². The quantitative estimate of drug-likeness (QED) is 0.322. The van der Waals surface area contributed by atoms with Gasteiger partial charge in [0.25, 0.3) is 5.60 Å². The number of benzene rings is 1. The van der Waals surface area contributed by atoms with Crippen molar-refractivity contribution in [1.82, 2.24) is 19.5 Å². The number of hydrogen-bond acceptors (Lipinski definition) is 9. The fourth-order valence-corrected chi connectivity index (χ4v) is 3.44. The molecule has 0 saturated carbocycles. The van der Waals surface area contributed by atoms with Crippen molar-refractivity contribution in [2.45, 2.75) is 24.5 Å². The van der Waals surface area contributed by atoms with Crippen LogP contribution in [0.5, 0.6) is 0 Å². The zero-order valence-corrected chi connectivity index (χ0v) is 17.2. The monoisotopic (exact) mass is 463 g/mol. The number of aromatic nitrogens is 4. The van der Waals surface area contributed by atoms with Gasteiger partial charge in [-0.25, -0.2) is 14.6 Å². The summed E-state index contributed by atoms with van der Waals surface area (Å²) in [6, 6.07) is 8.35. The van der Waals surface area contributed by atoms with Crippen LogP contribution in [0.15, 0.2) is 36.7 Å². The first-order chi connectivity index (χ1) is 15.3. The van der Waals surface area contributed by atoms with Crippen LogP contribution in [0.3, 0.4) is 0 Å². The third kappa shape index (κ3) is 4.08. The van der Waals surface area contributed by atoms with Crippen LogP contribution < -0.4 is 5.73 Å². The van der Waals surface area contributed by atoms with Crippen molar-refractivity contribution in [3.63, 3.8) is 0 Å². The Morgan fingerprint density at radius 3 is 2.66 bits per heavy atom. The van der Waals surface area contributed by atoms with Crippen LogP contribution in [0, 0.1) is 0 Å². The van der Waals surface area contributed by atoms with Crippen LogP contribution >= 0.6 is 11.6 Å². The topological polar surface area (TPSA) is 172 Å². The Morgan fingerprint density at radius 2 is 1.97 bits per heavy atom. The van der Waals surface area contributed by atoms with E-state index in [1.807, 2.05) is 0 Å². The number of nitrogens with zero attached hydrogens (tertiary/aromatic N) is 4. The van der Waals surface area contributed by atoms with Crippen molar-refractivity contribution >= 4 is 40.5 Å². The molecule has 0 spiro atoms. The lowest BCUT2D eigenvalue weighted by Gasteiger charge is -2.26. The minimum Gasteiger partial charge on any atom is -0.479 e. The van der Waals surface area contributed by atoms with Crippen LogP contribution in [-0.4, -0.2) is 66.6 Å². The molecule has 13 heteroatoms. The average molecular weight is 464 g/mol. The van der Waals surface area contributed by atoms with E-state index in [2.05, 4.69) is 15.0 Å². The number of aliphatic carboxylic acids is 2. The summed E-state index contributed by atoms with van der Waals surface area (Å²) in [5, 5.41) is 19.3. The lowest BCUT2D eigenvalue weighted by Crippen LogP contribution is -2.52. The number of fused-ring (bicyclic) bond motifs is 1. The summed E-state index contributed by atoms with van der Waals surface area (Å²) < 4.78 is 18.2. The van der Waals surface area contributed by atoms with Gasteiger partial charge in [-0.05, 0) is 17.2 Å². The van der Waals surface area contributed by atoms with Crippen molar-refractivity contribution in [2.24, 2.45) is 0 Å². The molecule has 2 aromatic heterocycles. The summed E-state index contributed by atoms with van der Waals surface area (Å²) >= 11 is 5.86. The van der Waals surface area contributed by atoms with Crippen molar-refractivity contribution in [2.75, 3.05) is 18.9 Å². The summed E-state index contributed by atoms with van der Waals surface area (Å²) in [6.45, 7) is -0.328. The molecular formula is C19H18ClN5O7. The van der Waals surface area contributed by atoms with E-state index in [0.717, 1.165) is 0 Å². The van der Waals surface area contributed by atoms with Gasteiger partial charge < -0.3 is 30.2 Å². The molecule has 1 aliphatic heterocycles. The highest BCUT2D eigenvalue weighted by molar-refractivity contribution is 6.28. The minimum atomic E-state index is -2.49. The molecule has 3 aromatic rings. The Balaban J connectivity index is 1.49. The van der Waals surface area contributed by atoms with Gasteiger partial charge in [0.05, 0.1) is 13.2 Å². The van der Waals surface area contributed by atoms with Gasteiger partial charge in [-0.2, -0.15) is 9.97 Å². The van der Waals surface area contributed by atoms with E-state index >= 15 is 0 Å². The maximum atomic E-state index is 11.9. The van der Waals surface area contributed by atoms with Gasteiger partial charge in [0.1, 0.15) is 17.9 Å². The van der Waals surface area contributed by atoms with E-state index in [1.54, 1.807) is 30.3 Å². The third-order valence-corrected chi connectivity index (χ3v) is 5.05. The maximum absolute atomic E-state index is 11.9. The highest BCUT2D eigenvalue weighted by Crippen LogP contribution is 2.28. The number of anilines is 1. The van der Waals surface area contributed by atoms with Gasteiger partial charge >= 0.3 is 11.9 Å². The molecule has 1 aromatic carbocycles. The number of ether oxygens (including phenoxy) is 3. The first-order valence-electron chi connectivity index (χ1n) is 9.37. The molecule has 2 atom stereocenters. The van der Waals surface area contributed by atoms with Crippen molar-refractivity contribution in [3.05, 3.63) is 47.5 Å². The van der Waals surface area contributed by atoms with E-state index in [0.29, 0.717) is 11.1 Å². The van der Waals surface area contributed by atoms with Crippen molar-refractivity contribution in [1.29, 1.82) is 0 Å². The van der Waals surface area contributed by atoms with Crippen LogP contribution in [0.4, 0.5) is 5.82 Å². The van der Waals surface area contributed by atoms with Gasteiger partial charge in [-0.3, -0.25) is 4.57 Å². The molecule has 32 heavy (non-hydrogen) atoms. The first-order valence-corrected chi connectivity index (χ1v) is 9.75. The number of imidazole rings is 1. The summed E-state index contributed by atoms with van der Waals surface area (Å²) in [7, 11) is 0. The van der Waals surface area contributed by atoms with Gasteiger partial charge in [0.2, 0.25) is 11.7 Å². The van der Waals surface area contributed by atoms with Crippen LogP contribution in [0.2, 0.25) is 5.28 Å². The number of hydrogen-bond donors (Lipinski definition) is 3. The molecule has 12 nitrogen and oxygen atoms in total. The third-order valence-electron chi connectivity index (χ3n) is 4.88. The zero-order chi connectivity index (χ0) is 22.9. The standard InChI is InChI=1S/C19H18ClN5O7/c20-17-23-13(21)12-14(24-17)25(9-22-12)18-30-7-11(32-18)8-31-19(15(26)27,16(28)29)6-10-4-2-1-3-5-10/h1-5,9,11,18H,6-8H2,(H,26,27)(H,28,29)(H2,21,23,24). The molecule has 0 amide bonds. The van der Waals surface area contributed by atoms with Gasteiger partial charge in [-0.1, -0.05) is 30.3 Å². The van der Waals surface area contributed by atoms with Gasteiger partial charge in [-0.15, -0.1) is 0 Å². The molecule has 4 N–H and O–H groups in total. The molecule has 1 saturated heterocycles. The normalized spacial score (nSPS) is 18.8. The summed E-state index contributed by atoms with van der Waals surface area (Å²) in [5.74, 6) is -3.15. The smallest absolute Gasteiger partial charge is 0.348 e. The second-order valence-electron chi connectivity index (χ2n) is 7.01. The second-order valence-corrected chi connectivity index (χ2v) is 7.35. The van der Waals surface area contributed by atoms with Gasteiger partial charge in [0, 0.05) is 6.42 Å². The highest BCUT2D eigenvalue weighted by Gasteiger charge is 2.49. The number of carbonyl (C=O) groups is 2. The molecule has 3 heterocycles. The number of nitrogens with two attached hydrogens (primary N) is 1. The molecule has 0 radical (unpaired) electrons. The molecule has 2 unspecified atom stereocenters. The molecule has 0 bridgehead atoms. The summed E-state index contributed by atoms with van der Waals surface area (Å²) in [4.78, 5) is 35.8. The fraction of sp³-hybridized carbons (Fsp3) is 0.316. The van der Waals surface area contributed by atoms with E-state index in [-0.39, 0.29) is 36.4 Å². The summed E-state index contributed by atoms with van der Waals surface area (Å²) in [5.41, 5.74) is 4.39. The zero-order valence-electron chi connectivity index (χ0n) is 16.4. The SMILES string of the molecule is Nc1nc(Cl)nc2c1ncn2C1OCC(COC(Cc2ccccc2)(C(=O)O)C(=O)O)O1. The molecule has 168 valence electrons. The first kappa shape index (κ1) is 21.9. The number of carboxylic acids is 2. The predicted octanol–water partition coefficient (Wildman–Crippen LogP) is 1.10. The Hall–Kier alpha value is -3.32.